The van der Waals surface area contributed by atoms with Gasteiger partial charge in [-0.2, -0.15) is 0 Å². The zero-order valence-electron chi connectivity index (χ0n) is 38.3. The van der Waals surface area contributed by atoms with Gasteiger partial charge in [0.05, 0.1) is 5.69 Å². The monoisotopic (exact) mass is 867 g/mol. The minimum absolute atomic E-state index is 0.120. The van der Waals surface area contributed by atoms with Gasteiger partial charge >= 0.3 is 0 Å². The molecule has 0 aromatic heterocycles. The summed E-state index contributed by atoms with van der Waals surface area (Å²) in [5.41, 5.74) is 22.9. The van der Waals surface area contributed by atoms with E-state index in [1.807, 2.05) is 0 Å². The molecule has 0 atom stereocenters. The molecule has 0 saturated carbocycles. The van der Waals surface area contributed by atoms with Gasteiger partial charge in [-0.25, -0.2) is 0 Å². The fraction of sp³-hybridized carbons (Fsp3) is 0.0448. The van der Waals surface area contributed by atoms with Crippen LogP contribution in [0.3, 0.4) is 0 Å². The van der Waals surface area contributed by atoms with E-state index in [0.29, 0.717) is 0 Å². The number of hydrogen-bond acceptors (Lipinski definition) is 1. The second-order valence-electron chi connectivity index (χ2n) is 18.4. The van der Waals surface area contributed by atoms with Crippen LogP contribution in [0.5, 0.6) is 0 Å². The highest BCUT2D eigenvalue weighted by Crippen LogP contribution is 2.53. The predicted octanol–water partition coefficient (Wildman–Crippen LogP) is 18.6. The predicted molar refractivity (Wildman–Crippen MR) is 289 cm³/mol. The molecule has 68 heavy (non-hydrogen) atoms. The molecule has 12 rings (SSSR count). The normalized spacial score (nSPS) is 12.4. The average Bonchev–Trinajstić information content (AvgIpc) is 3.65. The van der Waals surface area contributed by atoms with E-state index >= 15 is 0 Å². The Bertz CT molecular complexity index is 3600. The van der Waals surface area contributed by atoms with Crippen LogP contribution < -0.4 is 4.90 Å². The van der Waals surface area contributed by atoms with Crippen LogP contribution in [0.4, 0.5) is 17.1 Å². The lowest BCUT2D eigenvalue weighted by Crippen LogP contribution is -2.16. The summed E-state index contributed by atoms with van der Waals surface area (Å²) in [7, 11) is 0. The van der Waals surface area contributed by atoms with Crippen molar-refractivity contribution < 1.29 is 0 Å². The molecule has 0 bridgehead atoms. The summed E-state index contributed by atoms with van der Waals surface area (Å²) in [6.07, 6.45) is 0. The number of rotatable bonds is 9. The van der Waals surface area contributed by atoms with Gasteiger partial charge in [-0.1, -0.05) is 238 Å². The Morgan fingerprint density at radius 2 is 0.721 bits per heavy atom. The molecule has 1 aliphatic rings. The topological polar surface area (TPSA) is 3.24 Å². The van der Waals surface area contributed by atoms with Gasteiger partial charge in [-0.15, -0.1) is 0 Å². The minimum atomic E-state index is -0.120. The molecule has 1 heteroatoms. The highest BCUT2D eigenvalue weighted by molar-refractivity contribution is 6.01. The molecule has 1 aliphatic carbocycles. The van der Waals surface area contributed by atoms with Crippen molar-refractivity contribution in [1.29, 1.82) is 0 Å². The quantitative estimate of drug-likeness (QED) is 0.140. The van der Waals surface area contributed by atoms with Crippen LogP contribution in [0.1, 0.15) is 25.0 Å². The summed E-state index contributed by atoms with van der Waals surface area (Å²) in [4.78, 5) is 2.45. The first-order valence-electron chi connectivity index (χ1n) is 23.7. The molecule has 0 heterocycles. The smallest absolute Gasteiger partial charge is 0.0546 e. The Balaban J connectivity index is 1.00. The van der Waals surface area contributed by atoms with E-state index in [4.69, 9.17) is 0 Å². The van der Waals surface area contributed by atoms with Crippen molar-refractivity contribution in [2.45, 2.75) is 19.3 Å². The SMILES string of the molecule is CC1(C)c2ccccc2-c2cccc(-c3ccc(N(c4ccc(-c5ccc(-c6ccc7ccccc7c6)cc5)cc4)c4cccc(-c5ccccc5)c4-c4ccccc4-c4ccccc4)cc3)c21. The summed E-state index contributed by atoms with van der Waals surface area (Å²) in [6, 6.07) is 95.6. The fourth-order valence-corrected chi connectivity index (χ4v) is 10.8. The fourth-order valence-electron chi connectivity index (χ4n) is 10.8. The summed E-state index contributed by atoms with van der Waals surface area (Å²) in [5, 5.41) is 2.51. The van der Waals surface area contributed by atoms with Gasteiger partial charge < -0.3 is 4.90 Å². The Morgan fingerprint density at radius 1 is 0.279 bits per heavy atom. The molecule has 11 aromatic carbocycles. The van der Waals surface area contributed by atoms with Gasteiger partial charge in [0.25, 0.3) is 0 Å². The van der Waals surface area contributed by atoms with E-state index < -0.39 is 0 Å². The van der Waals surface area contributed by atoms with Gasteiger partial charge in [0.1, 0.15) is 0 Å². The van der Waals surface area contributed by atoms with Gasteiger partial charge in [0.15, 0.2) is 0 Å². The van der Waals surface area contributed by atoms with E-state index in [1.54, 1.807) is 0 Å². The summed E-state index contributed by atoms with van der Waals surface area (Å²) >= 11 is 0. The van der Waals surface area contributed by atoms with Gasteiger partial charge in [-0.05, 0) is 131 Å². The molecule has 0 spiro atoms. The maximum atomic E-state index is 2.45. The third kappa shape index (κ3) is 7.21. The maximum absolute atomic E-state index is 2.45. The first-order valence-corrected chi connectivity index (χ1v) is 23.7. The highest BCUT2D eigenvalue weighted by atomic mass is 15.1. The second kappa shape index (κ2) is 17.0. The molecular weight excluding hydrogens is 819 g/mol. The zero-order chi connectivity index (χ0) is 45.6. The average molecular weight is 868 g/mol. The molecule has 0 N–H and O–H groups in total. The number of nitrogens with zero attached hydrogens (tertiary/aromatic N) is 1. The molecule has 322 valence electrons. The summed E-state index contributed by atoms with van der Waals surface area (Å²) < 4.78 is 0. The van der Waals surface area contributed by atoms with Crippen molar-refractivity contribution in [3.8, 4) is 77.9 Å². The third-order valence-electron chi connectivity index (χ3n) is 14.1. The van der Waals surface area contributed by atoms with Crippen molar-refractivity contribution >= 4 is 27.8 Å². The van der Waals surface area contributed by atoms with Crippen LogP contribution in [0.2, 0.25) is 0 Å². The van der Waals surface area contributed by atoms with Crippen molar-refractivity contribution in [3.63, 3.8) is 0 Å². The molecule has 0 radical (unpaired) electrons. The van der Waals surface area contributed by atoms with Gasteiger partial charge in [0, 0.05) is 22.4 Å². The van der Waals surface area contributed by atoms with Crippen LogP contribution in [-0.4, -0.2) is 0 Å². The Labute approximate surface area is 399 Å². The second-order valence-corrected chi connectivity index (χ2v) is 18.4. The van der Waals surface area contributed by atoms with Gasteiger partial charge in [0.2, 0.25) is 0 Å². The third-order valence-corrected chi connectivity index (χ3v) is 14.1. The van der Waals surface area contributed by atoms with E-state index in [9.17, 15) is 0 Å². The van der Waals surface area contributed by atoms with Crippen molar-refractivity contribution in [1.82, 2.24) is 0 Å². The first kappa shape index (κ1) is 40.9. The maximum Gasteiger partial charge on any atom is 0.0546 e. The Hall–Kier alpha value is -8.52. The summed E-state index contributed by atoms with van der Waals surface area (Å²) in [5.74, 6) is 0. The van der Waals surface area contributed by atoms with E-state index in [0.717, 1.165) is 17.1 Å². The first-order chi connectivity index (χ1) is 33.5. The van der Waals surface area contributed by atoms with E-state index in [2.05, 4.69) is 280 Å². The number of hydrogen-bond donors (Lipinski definition) is 0. The van der Waals surface area contributed by atoms with Crippen molar-refractivity contribution in [3.05, 3.63) is 272 Å². The van der Waals surface area contributed by atoms with Crippen LogP contribution in [0.25, 0.3) is 88.7 Å². The standard InChI is InChI=1S/C67H49N/c1-67(2)63-29-14-13-24-60(63)62-28-15-27-59(66(62)67)52-39-43-56(44-40-52)68(55-41-37-48(38-42-55)47-31-33-49(34-32-47)54-36-35-46-17-9-10-22-53(46)45-54)64-30-16-26-58(51-20-7-4-8-21-51)65(64)61-25-12-11-23-57(61)50-18-5-3-6-19-50/h3-45H,1-2H3. The number of anilines is 3. The molecular formula is C67H49N. The van der Waals surface area contributed by atoms with Crippen molar-refractivity contribution in [2.24, 2.45) is 0 Å². The molecule has 0 saturated heterocycles. The molecule has 0 fully saturated rings. The molecule has 0 aliphatic heterocycles. The molecule has 0 amide bonds. The number of fused-ring (bicyclic) bond motifs is 4. The van der Waals surface area contributed by atoms with Crippen LogP contribution >= 0.6 is 0 Å². The Kier molecular flexibility index (Phi) is 10.3. The van der Waals surface area contributed by atoms with E-state index in [-0.39, 0.29) is 5.41 Å². The molecule has 1 nitrogen and oxygen atoms in total. The molecule has 0 unspecified atom stereocenters. The van der Waals surface area contributed by atoms with Crippen LogP contribution in [-0.2, 0) is 5.41 Å². The van der Waals surface area contributed by atoms with Gasteiger partial charge in [-0.3, -0.25) is 0 Å². The van der Waals surface area contributed by atoms with Crippen LogP contribution in [0, 0.1) is 0 Å². The highest BCUT2D eigenvalue weighted by Gasteiger charge is 2.37. The number of benzene rings is 11. The Morgan fingerprint density at radius 3 is 1.40 bits per heavy atom. The lowest BCUT2D eigenvalue weighted by Gasteiger charge is -2.30. The minimum Gasteiger partial charge on any atom is -0.310 e. The van der Waals surface area contributed by atoms with Crippen molar-refractivity contribution in [2.75, 3.05) is 4.90 Å². The largest absolute Gasteiger partial charge is 0.310 e. The van der Waals surface area contributed by atoms with Crippen LogP contribution in [0.15, 0.2) is 261 Å². The molecule has 11 aromatic rings. The summed E-state index contributed by atoms with van der Waals surface area (Å²) in [6.45, 7) is 4.74. The lowest BCUT2D eigenvalue weighted by atomic mass is 9.79. The zero-order valence-corrected chi connectivity index (χ0v) is 38.3. The van der Waals surface area contributed by atoms with E-state index in [1.165, 1.54) is 99.8 Å². The lowest BCUT2D eigenvalue weighted by molar-refractivity contribution is 0.662.